The number of fused-ring (bicyclic) bond motifs is 1. The minimum absolute atomic E-state index is 0.134. The summed E-state index contributed by atoms with van der Waals surface area (Å²) in [7, 11) is 1.34. The number of urea groups is 1. The summed E-state index contributed by atoms with van der Waals surface area (Å²) in [6.45, 7) is 0.537. The Morgan fingerprint density at radius 2 is 1.81 bits per heavy atom. The number of ether oxygens (including phenoxy) is 1. The first kappa shape index (κ1) is 18.4. The van der Waals surface area contributed by atoms with Crippen molar-refractivity contribution in [1.82, 2.24) is 19.7 Å². The van der Waals surface area contributed by atoms with Gasteiger partial charge in [0.1, 0.15) is 5.56 Å². The third-order valence-electron chi connectivity index (χ3n) is 4.76. The topological polar surface area (TPSA) is 100 Å². The van der Waals surface area contributed by atoms with Gasteiger partial charge in [0.2, 0.25) is 5.88 Å². The number of amides is 3. The zero-order valence-electron chi connectivity index (χ0n) is 15.0. The lowest BCUT2D eigenvalue weighted by Crippen LogP contribution is -2.63. The molecule has 0 radical (unpaired) electrons. The largest absolute Gasteiger partial charge is 0.480 e. The molecule has 0 N–H and O–H groups in total. The van der Waals surface area contributed by atoms with Crippen LogP contribution in [0.5, 0.6) is 5.88 Å². The molecule has 1 aromatic rings. The zero-order valence-corrected chi connectivity index (χ0v) is 15.8. The second-order valence-corrected chi connectivity index (χ2v) is 8.79. The molecule has 2 atom stereocenters. The van der Waals surface area contributed by atoms with Crippen molar-refractivity contribution in [1.29, 1.82) is 0 Å². The minimum Gasteiger partial charge on any atom is -0.480 e. The average molecular weight is 382 g/mol. The maximum absolute atomic E-state index is 13.0. The number of piperazine rings is 1. The number of pyridine rings is 1. The first-order valence-corrected chi connectivity index (χ1v) is 10.1. The maximum Gasteiger partial charge on any atom is 0.319 e. The molecule has 0 unspecified atom stereocenters. The van der Waals surface area contributed by atoms with Crippen molar-refractivity contribution < 1.29 is 22.7 Å². The Labute approximate surface area is 152 Å². The van der Waals surface area contributed by atoms with Crippen LogP contribution in [0.1, 0.15) is 10.4 Å². The van der Waals surface area contributed by atoms with Crippen LogP contribution in [0.3, 0.4) is 0 Å². The summed E-state index contributed by atoms with van der Waals surface area (Å²) in [4.78, 5) is 34.0. The Balaban J connectivity index is 1.93. The molecule has 0 aromatic carbocycles. The Kier molecular flexibility index (Phi) is 4.78. The molecule has 0 aliphatic carbocycles. The summed E-state index contributed by atoms with van der Waals surface area (Å²) >= 11 is 0. The third kappa shape index (κ3) is 3.20. The fourth-order valence-corrected chi connectivity index (χ4v) is 5.55. The molecule has 1 aromatic heterocycles. The van der Waals surface area contributed by atoms with Crippen LogP contribution in [-0.4, -0.2) is 97.9 Å². The SMILES string of the molecule is COc1ncccc1C(=O)N1CCN(C(=O)N(C)C)[C@@H]2CS(=O)(=O)C[C@@H]21. The number of methoxy groups -OCH3 is 1. The number of sulfone groups is 1. The van der Waals surface area contributed by atoms with Gasteiger partial charge in [-0.05, 0) is 12.1 Å². The van der Waals surface area contributed by atoms with Crippen molar-refractivity contribution in [3.63, 3.8) is 0 Å². The summed E-state index contributed by atoms with van der Waals surface area (Å²) < 4.78 is 29.6. The van der Waals surface area contributed by atoms with E-state index in [1.807, 2.05) is 0 Å². The molecular weight excluding hydrogens is 360 g/mol. The van der Waals surface area contributed by atoms with Crippen LogP contribution in [0.4, 0.5) is 4.79 Å². The lowest BCUT2D eigenvalue weighted by molar-refractivity contribution is 0.0390. The van der Waals surface area contributed by atoms with Gasteiger partial charge in [-0.2, -0.15) is 0 Å². The number of rotatable bonds is 2. The van der Waals surface area contributed by atoms with Gasteiger partial charge in [0.15, 0.2) is 9.84 Å². The highest BCUT2D eigenvalue weighted by molar-refractivity contribution is 7.91. The molecule has 26 heavy (non-hydrogen) atoms. The molecule has 3 rings (SSSR count). The fourth-order valence-electron chi connectivity index (χ4n) is 3.57. The Morgan fingerprint density at radius 1 is 1.19 bits per heavy atom. The zero-order chi connectivity index (χ0) is 19.1. The fraction of sp³-hybridized carbons (Fsp3) is 0.562. The van der Waals surface area contributed by atoms with E-state index in [-0.39, 0.29) is 48.0 Å². The van der Waals surface area contributed by atoms with E-state index >= 15 is 0 Å². The molecule has 3 heterocycles. The summed E-state index contributed by atoms with van der Waals surface area (Å²) in [5.74, 6) is -0.422. The second-order valence-electron chi connectivity index (χ2n) is 6.64. The van der Waals surface area contributed by atoms with Gasteiger partial charge in [-0.25, -0.2) is 18.2 Å². The van der Waals surface area contributed by atoms with Gasteiger partial charge >= 0.3 is 6.03 Å². The number of carbonyl (C=O) groups excluding carboxylic acids is 2. The Morgan fingerprint density at radius 3 is 2.42 bits per heavy atom. The maximum atomic E-state index is 13.0. The molecule has 9 nitrogen and oxygen atoms in total. The van der Waals surface area contributed by atoms with Crippen molar-refractivity contribution in [2.45, 2.75) is 12.1 Å². The first-order valence-electron chi connectivity index (χ1n) is 8.23. The van der Waals surface area contributed by atoms with E-state index in [9.17, 15) is 18.0 Å². The quantitative estimate of drug-likeness (QED) is 0.696. The Bertz CT molecular complexity index is 826. The van der Waals surface area contributed by atoms with Crippen LogP contribution >= 0.6 is 0 Å². The van der Waals surface area contributed by atoms with E-state index in [4.69, 9.17) is 4.74 Å². The van der Waals surface area contributed by atoms with Gasteiger partial charge in [-0.1, -0.05) is 0 Å². The van der Waals surface area contributed by atoms with Gasteiger partial charge in [0.05, 0.1) is 30.7 Å². The summed E-state index contributed by atoms with van der Waals surface area (Å²) in [5.41, 5.74) is 0.283. The number of hydrogen-bond donors (Lipinski definition) is 0. The number of nitrogens with zero attached hydrogens (tertiary/aromatic N) is 4. The molecule has 2 aliphatic heterocycles. The van der Waals surface area contributed by atoms with E-state index in [0.29, 0.717) is 0 Å². The van der Waals surface area contributed by atoms with Crippen LogP contribution in [-0.2, 0) is 9.84 Å². The van der Waals surface area contributed by atoms with Crippen LogP contribution in [0.2, 0.25) is 0 Å². The van der Waals surface area contributed by atoms with E-state index in [1.54, 1.807) is 31.1 Å². The molecular formula is C16H22N4O5S. The highest BCUT2D eigenvalue weighted by atomic mass is 32.2. The molecule has 2 saturated heterocycles. The monoisotopic (exact) mass is 382 g/mol. The van der Waals surface area contributed by atoms with Crippen molar-refractivity contribution in [2.75, 3.05) is 45.8 Å². The van der Waals surface area contributed by atoms with Gasteiger partial charge < -0.3 is 19.4 Å². The lowest BCUT2D eigenvalue weighted by Gasteiger charge is -2.44. The van der Waals surface area contributed by atoms with E-state index < -0.39 is 21.9 Å². The van der Waals surface area contributed by atoms with E-state index in [0.717, 1.165) is 0 Å². The average Bonchev–Trinajstić information content (AvgIpc) is 2.94. The van der Waals surface area contributed by atoms with Gasteiger partial charge in [0, 0.05) is 33.4 Å². The molecule has 2 fully saturated rings. The van der Waals surface area contributed by atoms with E-state index in [2.05, 4.69) is 4.98 Å². The smallest absolute Gasteiger partial charge is 0.319 e. The van der Waals surface area contributed by atoms with Crippen molar-refractivity contribution in [2.24, 2.45) is 0 Å². The predicted molar refractivity (Wildman–Crippen MR) is 93.8 cm³/mol. The molecule has 0 bridgehead atoms. The summed E-state index contributed by atoms with van der Waals surface area (Å²) in [6.07, 6.45) is 1.52. The summed E-state index contributed by atoms with van der Waals surface area (Å²) in [5, 5.41) is 0. The number of aromatic nitrogens is 1. The second kappa shape index (κ2) is 6.75. The normalized spacial score (nSPS) is 24.1. The van der Waals surface area contributed by atoms with Crippen LogP contribution in [0, 0.1) is 0 Å². The lowest BCUT2D eigenvalue weighted by atomic mass is 10.0. The molecule has 10 heteroatoms. The van der Waals surface area contributed by atoms with Crippen molar-refractivity contribution in [3.05, 3.63) is 23.9 Å². The molecule has 0 saturated carbocycles. The van der Waals surface area contributed by atoms with Crippen molar-refractivity contribution in [3.8, 4) is 5.88 Å². The molecule has 142 valence electrons. The third-order valence-corrected chi connectivity index (χ3v) is 6.46. The van der Waals surface area contributed by atoms with Gasteiger partial charge in [-0.3, -0.25) is 4.79 Å². The van der Waals surface area contributed by atoms with Crippen LogP contribution in [0.15, 0.2) is 18.3 Å². The van der Waals surface area contributed by atoms with Crippen LogP contribution < -0.4 is 4.74 Å². The van der Waals surface area contributed by atoms with Crippen molar-refractivity contribution >= 4 is 21.8 Å². The number of carbonyl (C=O) groups is 2. The predicted octanol–water partition coefficient (Wildman–Crippen LogP) is -0.305. The van der Waals surface area contributed by atoms with Gasteiger partial charge in [-0.15, -0.1) is 0 Å². The Hall–Kier alpha value is -2.36. The molecule has 2 aliphatic rings. The first-order chi connectivity index (χ1) is 12.2. The number of hydrogen-bond acceptors (Lipinski definition) is 6. The molecule has 0 spiro atoms. The van der Waals surface area contributed by atoms with Crippen LogP contribution in [0.25, 0.3) is 0 Å². The highest BCUT2D eigenvalue weighted by Crippen LogP contribution is 2.30. The van der Waals surface area contributed by atoms with E-state index in [1.165, 1.54) is 23.1 Å². The standard InChI is InChI=1S/C16H22N4O5S/c1-18(2)16(22)20-8-7-19(12-9-26(23,24)10-13(12)20)15(21)11-5-4-6-17-14(11)25-3/h4-6,12-13H,7-10H2,1-3H3/t12-,13+/m0/s1. The van der Waals surface area contributed by atoms with Gasteiger partial charge in [0.25, 0.3) is 5.91 Å². The molecule has 3 amide bonds. The highest BCUT2D eigenvalue weighted by Gasteiger charge is 2.50. The summed E-state index contributed by atoms with van der Waals surface area (Å²) in [6, 6.07) is 1.86. The minimum atomic E-state index is -3.34.